The average Bonchev–Trinajstić information content (AvgIpc) is 3.18. The predicted molar refractivity (Wildman–Crippen MR) is 115 cm³/mol. The van der Waals surface area contributed by atoms with Crippen molar-refractivity contribution in [3.63, 3.8) is 0 Å². The summed E-state index contributed by atoms with van der Waals surface area (Å²) in [5.74, 6) is -0.468. The Kier molecular flexibility index (Phi) is 5.27. The number of rotatable bonds is 5. The van der Waals surface area contributed by atoms with Gasteiger partial charge in [-0.1, -0.05) is 60.2 Å². The second-order valence-electron chi connectivity index (χ2n) is 6.92. The third-order valence-electron chi connectivity index (χ3n) is 4.86. The lowest BCUT2D eigenvalue weighted by Gasteiger charge is -2.14. The highest BCUT2D eigenvalue weighted by molar-refractivity contribution is 7.17. The fraction of sp³-hybridized carbons (Fsp3) is 0.174. The number of benzene rings is 2. The molecule has 0 unspecified atom stereocenters. The summed E-state index contributed by atoms with van der Waals surface area (Å²) in [5.41, 5.74) is 3.60. The number of hydrogen-bond acceptors (Lipinski definition) is 5. The lowest BCUT2D eigenvalue weighted by Crippen LogP contribution is -2.29. The summed E-state index contributed by atoms with van der Waals surface area (Å²) in [7, 11) is 0. The van der Waals surface area contributed by atoms with Crippen molar-refractivity contribution in [1.82, 2.24) is 9.55 Å². The molecule has 0 amide bonds. The Bertz CT molecular complexity index is 1210. The number of aryl methyl sites for hydroxylation is 1. The van der Waals surface area contributed by atoms with Crippen molar-refractivity contribution < 1.29 is 9.53 Å². The fourth-order valence-electron chi connectivity index (χ4n) is 3.13. The van der Waals surface area contributed by atoms with Gasteiger partial charge in [-0.15, -0.1) is 11.3 Å². The van der Waals surface area contributed by atoms with Gasteiger partial charge in [-0.25, -0.2) is 9.78 Å². The number of aromatic nitrogens is 2. The highest BCUT2D eigenvalue weighted by Crippen LogP contribution is 2.31. The van der Waals surface area contributed by atoms with Crippen LogP contribution >= 0.6 is 11.3 Å². The normalized spacial score (nSPS) is 12.1. The number of nitrogens with zero attached hydrogens (tertiary/aromatic N) is 2. The zero-order valence-corrected chi connectivity index (χ0v) is 17.0. The van der Waals surface area contributed by atoms with E-state index in [1.165, 1.54) is 22.2 Å². The zero-order chi connectivity index (χ0) is 20.4. The smallest absolute Gasteiger partial charge is 0.329 e. The minimum atomic E-state index is -0.770. The van der Waals surface area contributed by atoms with Crippen LogP contribution in [0.1, 0.15) is 24.1 Å². The van der Waals surface area contributed by atoms with Gasteiger partial charge in [0.05, 0.1) is 11.7 Å². The fourth-order valence-corrected chi connectivity index (χ4v) is 4.04. The van der Waals surface area contributed by atoms with Crippen LogP contribution in [-0.2, 0) is 16.1 Å². The van der Waals surface area contributed by atoms with Gasteiger partial charge in [0.15, 0.2) is 0 Å². The Hall–Kier alpha value is -3.25. The van der Waals surface area contributed by atoms with Gasteiger partial charge in [0.25, 0.3) is 5.56 Å². The van der Waals surface area contributed by atoms with Crippen LogP contribution in [0.3, 0.4) is 0 Å². The highest BCUT2D eigenvalue weighted by Gasteiger charge is 2.21. The monoisotopic (exact) mass is 404 g/mol. The molecule has 0 aliphatic rings. The van der Waals surface area contributed by atoms with E-state index in [4.69, 9.17) is 4.74 Å². The first-order valence-corrected chi connectivity index (χ1v) is 10.2. The van der Waals surface area contributed by atoms with Crippen LogP contribution in [0.5, 0.6) is 0 Å². The average molecular weight is 404 g/mol. The first-order chi connectivity index (χ1) is 14.0. The van der Waals surface area contributed by atoms with Gasteiger partial charge in [-0.3, -0.25) is 9.36 Å². The van der Waals surface area contributed by atoms with Crippen LogP contribution in [0, 0.1) is 6.92 Å². The summed E-state index contributed by atoms with van der Waals surface area (Å²) < 4.78 is 6.74. The van der Waals surface area contributed by atoms with Crippen LogP contribution in [0.25, 0.3) is 21.3 Å². The molecule has 4 aromatic rings. The van der Waals surface area contributed by atoms with E-state index in [1.54, 1.807) is 6.92 Å². The summed E-state index contributed by atoms with van der Waals surface area (Å²) in [5, 5.41) is 2.47. The molecule has 4 rings (SSSR count). The zero-order valence-electron chi connectivity index (χ0n) is 16.2. The Morgan fingerprint density at radius 2 is 1.86 bits per heavy atom. The Morgan fingerprint density at radius 3 is 2.59 bits per heavy atom. The molecule has 5 nitrogen and oxygen atoms in total. The number of ether oxygens (including phenoxy) is 1. The SMILES string of the molecule is Cc1ccc(-c2csc3ncn([C@@H](C)C(=O)OCc4ccccc4)c(=O)c23)cc1. The van der Waals surface area contributed by atoms with Crippen LogP contribution in [-0.4, -0.2) is 15.5 Å². The summed E-state index contributed by atoms with van der Waals surface area (Å²) in [6.45, 7) is 3.84. The minimum Gasteiger partial charge on any atom is -0.459 e. The largest absolute Gasteiger partial charge is 0.459 e. The quantitative estimate of drug-likeness (QED) is 0.451. The number of thiophene rings is 1. The van der Waals surface area contributed by atoms with Gasteiger partial charge < -0.3 is 4.74 Å². The van der Waals surface area contributed by atoms with Crippen molar-refractivity contribution in [3.8, 4) is 11.1 Å². The van der Waals surface area contributed by atoms with Crippen molar-refractivity contribution in [2.24, 2.45) is 0 Å². The molecule has 2 heterocycles. The Morgan fingerprint density at radius 1 is 1.14 bits per heavy atom. The molecule has 6 heteroatoms. The maximum Gasteiger partial charge on any atom is 0.329 e. The Labute approximate surface area is 172 Å². The number of carbonyl (C=O) groups excluding carboxylic acids is 1. The van der Waals surface area contributed by atoms with Crippen molar-refractivity contribution in [3.05, 3.63) is 87.8 Å². The lowest BCUT2D eigenvalue weighted by atomic mass is 10.1. The second kappa shape index (κ2) is 8.01. The van der Waals surface area contributed by atoms with Gasteiger partial charge in [0.1, 0.15) is 17.5 Å². The number of carbonyl (C=O) groups is 1. The van der Waals surface area contributed by atoms with Crippen molar-refractivity contribution in [2.45, 2.75) is 26.5 Å². The van der Waals surface area contributed by atoms with E-state index in [0.717, 1.165) is 22.3 Å². The molecular formula is C23H20N2O3S. The molecule has 0 spiro atoms. The predicted octanol–water partition coefficient (Wildman–Crippen LogP) is 4.74. The second-order valence-corrected chi connectivity index (χ2v) is 7.78. The molecule has 29 heavy (non-hydrogen) atoms. The third-order valence-corrected chi connectivity index (χ3v) is 5.75. The summed E-state index contributed by atoms with van der Waals surface area (Å²) >= 11 is 1.42. The van der Waals surface area contributed by atoms with E-state index in [1.807, 2.05) is 66.9 Å². The summed E-state index contributed by atoms with van der Waals surface area (Å²) in [6, 6.07) is 16.7. The van der Waals surface area contributed by atoms with Crippen LogP contribution in [0.4, 0.5) is 0 Å². The van der Waals surface area contributed by atoms with Gasteiger partial charge in [0, 0.05) is 10.9 Å². The molecule has 0 aliphatic heterocycles. The van der Waals surface area contributed by atoms with Crippen LogP contribution in [0.15, 0.2) is 71.1 Å². The molecule has 0 radical (unpaired) electrons. The number of hydrogen-bond donors (Lipinski definition) is 0. The van der Waals surface area contributed by atoms with Crippen LogP contribution in [0.2, 0.25) is 0 Å². The molecule has 0 saturated heterocycles. The Balaban J connectivity index is 1.64. The first-order valence-electron chi connectivity index (χ1n) is 9.30. The maximum absolute atomic E-state index is 13.2. The molecule has 146 valence electrons. The molecular weight excluding hydrogens is 384 g/mol. The van der Waals surface area contributed by atoms with Crippen molar-refractivity contribution >= 4 is 27.5 Å². The van der Waals surface area contributed by atoms with E-state index in [-0.39, 0.29) is 12.2 Å². The number of esters is 1. The summed E-state index contributed by atoms with van der Waals surface area (Å²) in [6.07, 6.45) is 1.43. The molecule has 2 aromatic carbocycles. The molecule has 0 fully saturated rings. The first kappa shape index (κ1) is 19.1. The molecule has 2 aromatic heterocycles. The van der Waals surface area contributed by atoms with Gasteiger partial charge >= 0.3 is 5.97 Å². The molecule has 0 aliphatic carbocycles. The molecule has 1 atom stereocenters. The molecule has 0 bridgehead atoms. The highest BCUT2D eigenvalue weighted by atomic mass is 32.1. The van der Waals surface area contributed by atoms with Gasteiger partial charge in [0.2, 0.25) is 0 Å². The lowest BCUT2D eigenvalue weighted by molar-refractivity contribution is -0.148. The van der Waals surface area contributed by atoms with E-state index in [2.05, 4.69) is 4.98 Å². The standard InChI is InChI=1S/C23H20N2O3S/c1-15-8-10-18(11-9-15)19-13-29-21-20(19)22(26)25(14-24-21)16(2)23(27)28-12-17-6-4-3-5-7-17/h3-11,13-14,16H,12H2,1-2H3/t16-/m0/s1. The van der Waals surface area contributed by atoms with E-state index in [9.17, 15) is 9.59 Å². The molecule has 0 saturated carbocycles. The van der Waals surface area contributed by atoms with Crippen molar-refractivity contribution in [1.29, 1.82) is 0 Å². The summed E-state index contributed by atoms with van der Waals surface area (Å²) in [4.78, 5) is 30.8. The topological polar surface area (TPSA) is 61.2 Å². The minimum absolute atomic E-state index is 0.168. The van der Waals surface area contributed by atoms with E-state index < -0.39 is 12.0 Å². The maximum atomic E-state index is 13.2. The number of fused-ring (bicyclic) bond motifs is 1. The third kappa shape index (κ3) is 3.84. The van der Waals surface area contributed by atoms with E-state index >= 15 is 0 Å². The van der Waals surface area contributed by atoms with Gasteiger partial charge in [-0.05, 0) is 25.0 Å². The van der Waals surface area contributed by atoms with Crippen molar-refractivity contribution in [2.75, 3.05) is 0 Å². The molecule has 0 N–H and O–H groups in total. The van der Waals surface area contributed by atoms with E-state index in [0.29, 0.717) is 10.2 Å². The van der Waals surface area contributed by atoms with Gasteiger partial charge in [-0.2, -0.15) is 0 Å². The van der Waals surface area contributed by atoms with Crippen LogP contribution < -0.4 is 5.56 Å².